The molecule has 5 nitrogen and oxygen atoms in total. The number of fused-ring (bicyclic) bond motifs is 1. The highest BCUT2D eigenvalue weighted by atomic mass is 16.2. The first-order valence-electron chi connectivity index (χ1n) is 10.3. The number of carbonyl (C=O) groups excluding carboxylic acids is 2. The van der Waals surface area contributed by atoms with Gasteiger partial charge in [0.25, 0.3) is 0 Å². The highest BCUT2D eigenvalue weighted by Gasteiger charge is 2.29. The van der Waals surface area contributed by atoms with Gasteiger partial charge in [0, 0.05) is 31.2 Å². The molecular weight excluding hydrogens is 314 g/mol. The Morgan fingerprint density at radius 1 is 1.04 bits per heavy atom. The quantitative estimate of drug-likeness (QED) is 0.745. The predicted octanol–water partition coefficient (Wildman–Crippen LogP) is 3.70. The predicted molar refractivity (Wildman–Crippen MR) is 99.0 cm³/mol. The zero-order valence-corrected chi connectivity index (χ0v) is 15.4. The van der Waals surface area contributed by atoms with E-state index in [-0.39, 0.29) is 11.9 Å². The summed E-state index contributed by atoms with van der Waals surface area (Å²) < 4.78 is 0. The Hall–Kier alpha value is -1.52. The molecule has 3 amide bonds. The number of nitrogens with zero attached hydrogens (tertiary/aromatic N) is 1. The van der Waals surface area contributed by atoms with Gasteiger partial charge in [0.05, 0.1) is 0 Å². The van der Waals surface area contributed by atoms with Crippen molar-refractivity contribution in [3.8, 4) is 0 Å². The fourth-order valence-electron chi connectivity index (χ4n) is 4.50. The van der Waals surface area contributed by atoms with Crippen LogP contribution in [0.5, 0.6) is 0 Å². The Kier molecular flexibility index (Phi) is 6.76. The van der Waals surface area contributed by atoms with Crippen LogP contribution in [0.25, 0.3) is 0 Å². The van der Waals surface area contributed by atoms with Crippen LogP contribution in [0.4, 0.5) is 4.79 Å². The standard InChI is InChI=1S/C20H33N3O2/c24-19(23-15-7-9-16-8-4-5-12-18(16)23)13-6-14-21-20(25)22-17-10-2-1-3-11-17/h12,16-17H,1-11,13-15H2,(H2,21,22,25). The van der Waals surface area contributed by atoms with E-state index in [1.54, 1.807) is 0 Å². The molecule has 0 radical (unpaired) electrons. The van der Waals surface area contributed by atoms with Crippen molar-refractivity contribution in [1.29, 1.82) is 0 Å². The molecule has 0 spiro atoms. The van der Waals surface area contributed by atoms with Gasteiger partial charge in [0.2, 0.25) is 5.91 Å². The molecule has 1 atom stereocenters. The van der Waals surface area contributed by atoms with Crippen LogP contribution in [-0.2, 0) is 4.79 Å². The van der Waals surface area contributed by atoms with Gasteiger partial charge in [0.15, 0.2) is 0 Å². The lowest BCUT2D eigenvalue weighted by atomic mass is 9.85. The molecule has 2 N–H and O–H groups in total. The maximum Gasteiger partial charge on any atom is 0.315 e. The normalized spacial score (nSPS) is 24.2. The third-order valence-corrected chi connectivity index (χ3v) is 5.87. The van der Waals surface area contributed by atoms with E-state index >= 15 is 0 Å². The Morgan fingerprint density at radius 3 is 2.68 bits per heavy atom. The van der Waals surface area contributed by atoms with E-state index in [1.807, 2.05) is 4.90 Å². The lowest BCUT2D eigenvalue weighted by Gasteiger charge is -2.38. The molecule has 140 valence electrons. The van der Waals surface area contributed by atoms with Crippen molar-refractivity contribution < 1.29 is 9.59 Å². The zero-order valence-electron chi connectivity index (χ0n) is 15.4. The minimum atomic E-state index is -0.0765. The summed E-state index contributed by atoms with van der Waals surface area (Å²) in [6.45, 7) is 1.44. The summed E-state index contributed by atoms with van der Waals surface area (Å²) in [5.41, 5.74) is 1.28. The minimum absolute atomic E-state index is 0.0765. The van der Waals surface area contributed by atoms with Crippen LogP contribution in [0.3, 0.4) is 0 Å². The number of piperidine rings is 1. The van der Waals surface area contributed by atoms with Crippen molar-refractivity contribution in [3.63, 3.8) is 0 Å². The second-order valence-corrected chi connectivity index (χ2v) is 7.78. The summed E-state index contributed by atoms with van der Waals surface area (Å²) in [4.78, 5) is 26.5. The fourth-order valence-corrected chi connectivity index (χ4v) is 4.50. The van der Waals surface area contributed by atoms with Gasteiger partial charge in [-0.2, -0.15) is 0 Å². The molecule has 5 heteroatoms. The van der Waals surface area contributed by atoms with Gasteiger partial charge in [-0.15, -0.1) is 0 Å². The zero-order chi connectivity index (χ0) is 17.5. The molecule has 3 rings (SSSR count). The number of nitrogens with one attached hydrogen (secondary N) is 2. The van der Waals surface area contributed by atoms with E-state index < -0.39 is 0 Å². The lowest BCUT2D eigenvalue weighted by Crippen LogP contribution is -2.43. The van der Waals surface area contributed by atoms with E-state index in [1.165, 1.54) is 44.2 Å². The van der Waals surface area contributed by atoms with Crippen LogP contribution in [-0.4, -0.2) is 36.0 Å². The Balaban J connectivity index is 1.34. The van der Waals surface area contributed by atoms with Crippen molar-refractivity contribution in [2.45, 2.75) is 83.1 Å². The van der Waals surface area contributed by atoms with Crippen LogP contribution in [0.2, 0.25) is 0 Å². The molecule has 1 heterocycles. The minimum Gasteiger partial charge on any atom is -0.338 e. The van der Waals surface area contributed by atoms with Crippen LogP contribution in [0, 0.1) is 5.92 Å². The molecule has 1 aliphatic heterocycles. The highest BCUT2D eigenvalue weighted by molar-refractivity contribution is 5.78. The molecular formula is C20H33N3O2. The summed E-state index contributed by atoms with van der Waals surface area (Å²) >= 11 is 0. The van der Waals surface area contributed by atoms with Gasteiger partial charge in [-0.25, -0.2) is 4.79 Å². The van der Waals surface area contributed by atoms with Crippen molar-refractivity contribution in [1.82, 2.24) is 15.5 Å². The Bertz CT molecular complexity index is 497. The average molecular weight is 348 g/mol. The van der Waals surface area contributed by atoms with Crippen LogP contribution < -0.4 is 10.6 Å². The number of carbonyl (C=O) groups is 2. The van der Waals surface area contributed by atoms with Gasteiger partial charge in [0.1, 0.15) is 0 Å². The van der Waals surface area contributed by atoms with Crippen molar-refractivity contribution in [3.05, 3.63) is 11.8 Å². The second kappa shape index (κ2) is 9.25. The smallest absolute Gasteiger partial charge is 0.315 e. The summed E-state index contributed by atoms with van der Waals surface area (Å²) in [5, 5.41) is 5.96. The first-order valence-corrected chi connectivity index (χ1v) is 10.3. The van der Waals surface area contributed by atoms with Gasteiger partial charge < -0.3 is 15.5 Å². The topological polar surface area (TPSA) is 61.4 Å². The lowest BCUT2D eigenvalue weighted by molar-refractivity contribution is -0.130. The van der Waals surface area contributed by atoms with Crippen LogP contribution in [0.1, 0.15) is 77.0 Å². The number of amides is 3. The molecule has 0 bridgehead atoms. The molecule has 2 aliphatic carbocycles. The maximum atomic E-state index is 12.6. The van der Waals surface area contributed by atoms with E-state index in [2.05, 4.69) is 16.7 Å². The van der Waals surface area contributed by atoms with Gasteiger partial charge in [-0.05, 0) is 57.3 Å². The van der Waals surface area contributed by atoms with Gasteiger partial charge >= 0.3 is 6.03 Å². The first-order chi connectivity index (χ1) is 12.2. The summed E-state index contributed by atoms with van der Waals surface area (Å²) in [6.07, 6.45) is 15.4. The van der Waals surface area contributed by atoms with E-state index in [0.717, 1.165) is 32.2 Å². The van der Waals surface area contributed by atoms with E-state index in [0.29, 0.717) is 31.3 Å². The van der Waals surface area contributed by atoms with Gasteiger partial charge in [-0.1, -0.05) is 25.3 Å². The third kappa shape index (κ3) is 5.23. The van der Waals surface area contributed by atoms with Crippen molar-refractivity contribution in [2.24, 2.45) is 5.92 Å². The number of hydrogen-bond acceptors (Lipinski definition) is 2. The molecule has 1 saturated carbocycles. The second-order valence-electron chi connectivity index (χ2n) is 7.78. The van der Waals surface area contributed by atoms with Crippen molar-refractivity contribution in [2.75, 3.05) is 13.1 Å². The summed E-state index contributed by atoms with van der Waals surface area (Å²) in [5.74, 6) is 0.832. The first kappa shape index (κ1) is 18.3. The number of rotatable bonds is 5. The fraction of sp³-hybridized carbons (Fsp3) is 0.800. The molecule has 25 heavy (non-hydrogen) atoms. The van der Waals surface area contributed by atoms with Crippen molar-refractivity contribution >= 4 is 11.9 Å². The average Bonchev–Trinajstić information content (AvgIpc) is 2.65. The molecule has 3 aliphatic rings. The SMILES string of the molecule is O=C(NCCCC(=O)N1CCCC2CCCC=C21)NC1CCCCC1. The Morgan fingerprint density at radius 2 is 1.84 bits per heavy atom. The Labute approximate surface area is 151 Å². The van der Waals surface area contributed by atoms with Gasteiger partial charge in [-0.3, -0.25) is 4.79 Å². The highest BCUT2D eigenvalue weighted by Crippen LogP contribution is 2.35. The number of urea groups is 1. The monoisotopic (exact) mass is 347 g/mol. The summed E-state index contributed by atoms with van der Waals surface area (Å²) in [7, 11) is 0. The largest absolute Gasteiger partial charge is 0.338 e. The molecule has 2 fully saturated rings. The van der Waals surface area contributed by atoms with E-state index in [9.17, 15) is 9.59 Å². The molecule has 0 aromatic carbocycles. The molecule has 0 aromatic heterocycles. The molecule has 1 saturated heterocycles. The number of allylic oxidation sites excluding steroid dienone is 2. The maximum absolute atomic E-state index is 12.6. The third-order valence-electron chi connectivity index (χ3n) is 5.87. The molecule has 1 unspecified atom stereocenters. The van der Waals surface area contributed by atoms with E-state index in [4.69, 9.17) is 0 Å². The van der Waals surface area contributed by atoms with Crippen LogP contribution >= 0.6 is 0 Å². The number of hydrogen-bond donors (Lipinski definition) is 2. The molecule has 0 aromatic rings. The number of likely N-dealkylation sites (tertiary alicyclic amines) is 1. The summed E-state index contributed by atoms with van der Waals surface area (Å²) in [6, 6.07) is 0.256. The van der Waals surface area contributed by atoms with Crippen LogP contribution in [0.15, 0.2) is 11.8 Å².